The molecule has 1 atom stereocenters. The van der Waals surface area contributed by atoms with Crippen LogP contribution in [0.5, 0.6) is 0 Å². The molecule has 1 aliphatic rings. The Hall–Kier alpha value is -3.53. The average molecular weight is 572 g/mol. The molecule has 39 heavy (non-hydrogen) atoms. The summed E-state index contributed by atoms with van der Waals surface area (Å²) < 4.78 is 0. The molecule has 3 heterocycles. The van der Waals surface area contributed by atoms with Crippen LogP contribution in [0.2, 0.25) is 5.02 Å². The van der Waals surface area contributed by atoms with E-state index in [4.69, 9.17) is 16.6 Å². The Morgan fingerprint density at radius 3 is 2.72 bits per heavy atom. The van der Waals surface area contributed by atoms with Gasteiger partial charge in [-0.25, -0.2) is 4.98 Å². The number of halogens is 2. The molecular weight excluding hydrogens is 539 g/mol. The average Bonchev–Trinajstić information content (AvgIpc) is 3.31. The van der Waals surface area contributed by atoms with E-state index in [0.717, 1.165) is 48.2 Å². The van der Waals surface area contributed by atoms with Crippen molar-refractivity contribution in [1.29, 1.82) is 0 Å². The van der Waals surface area contributed by atoms with Crippen molar-refractivity contribution in [1.82, 2.24) is 20.3 Å². The fourth-order valence-corrected chi connectivity index (χ4v) is 5.24. The Morgan fingerprint density at radius 1 is 1.23 bits per heavy atom. The molecule has 11 heteroatoms. The minimum atomic E-state index is -0.809. The van der Waals surface area contributed by atoms with E-state index in [9.17, 15) is 14.7 Å². The van der Waals surface area contributed by atoms with Gasteiger partial charge >= 0.3 is 0 Å². The normalized spacial score (nSPS) is 14.6. The van der Waals surface area contributed by atoms with Gasteiger partial charge in [0.25, 0.3) is 5.56 Å². The van der Waals surface area contributed by atoms with Crippen LogP contribution < -0.4 is 21.1 Å². The third kappa shape index (κ3) is 6.38. The molecule has 2 aromatic heterocycles. The predicted molar refractivity (Wildman–Crippen MR) is 158 cm³/mol. The molecule has 1 fully saturated rings. The maximum Gasteiger partial charge on any atom is 0.261 e. The third-order valence-corrected chi connectivity index (χ3v) is 7.18. The quantitative estimate of drug-likeness (QED) is 0.222. The maximum absolute atomic E-state index is 12.9. The minimum Gasteiger partial charge on any atom is -0.387 e. The van der Waals surface area contributed by atoms with Crippen LogP contribution in [0.25, 0.3) is 22.4 Å². The summed E-state index contributed by atoms with van der Waals surface area (Å²) in [5, 5.41) is 17.4. The molecule has 0 aliphatic carbocycles. The molecule has 206 valence electrons. The molecular formula is C28H32Cl2N6O3. The summed E-state index contributed by atoms with van der Waals surface area (Å²) in [4.78, 5) is 37.5. The molecule has 0 radical (unpaired) electrons. The Balaban J connectivity index is 0.00000353. The van der Waals surface area contributed by atoms with Gasteiger partial charge in [-0.1, -0.05) is 23.7 Å². The van der Waals surface area contributed by atoms with Crippen LogP contribution in [0.1, 0.15) is 37.0 Å². The zero-order valence-electron chi connectivity index (χ0n) is 21.8. The summed E-state index contributed by atoms with van der Waals surface area (Å²) >= 11 is 6.06. The number of aromatic amines is 2. The van der Waals surface area contributed by atoms with Gasteiger partial charge in [0, 0.05) is 49.5 Å². The molecule has 0 spiro atoms. The number of hydrogen-bond donors (Lipinski definition) is 5. The number of aliphatic hydroxyl groups is 1. The fourth-order valence-electron chi connectivity index (χ4n) is 5.04. The summed E-state index contributed by atoms with van der Waals surface area (Å²) in [6.45, 7) is 5.45. The fraction of sp³-hybridized carbons (Fsp3) is 0.321. The highest BCUT2D eigenvalue weighted by atomic mass is 35.5. The Labute approximate surface area is 237 Å². The number of nitrogens with one attached hydrogen (secondary N) is 4. The number of piperidine rings is 1. The van der Waals surface area contributed by atoms with E-state index in [1.807, 2.05) is 6.92 Å². The van der Waals surface area contributed by atoms with Crippen molar-refractivity contribution < 1.29 is 9.90 Å². The van der Waals surface area contributed by atoms with Crippen LogP contribution in [0, 0.1) is 6.92 Å². The Morgan fingerprint density at radius 2 is 2.00 bits per heavy atom. The summed E-state index contributed by atoms with van der Waals surface area (Å²) in [7, 11) is 0. The Kier molecular flexibility index (Phi) is 8.84. The van der Waals surface area contributed by atoms with Crippen LogP contribution in [0.4, 0.5) is 11.4 Å². The zero-order chi connectivity index (χ0) is 26.8. The first-order valence-corrected chi connectivity index (χ1v) is 13.1. The second-order valence-electron chi connectivity index (χ2n) is 9.75. The van der Waals surface area contributed by atoms with Gasteiger partial charge in [0.1, 0.15) is 11.4 Å². The van der Waals surface area contributed by atoms with Crippen molar-refractivity contribution in [2.24, 2.45) is 0 Å². The van der Waals surface area contributed by atoms with Crippen molar-refractivity contribution >= 4 is 52.3 Å². The molecule has 5 N–H and O–H groups in total. The number of benzene rings is 2. The number of aliphatic hydroxyl groups excluding tert-OH is 1. The van der Waals surface area contributed by atoms with Gasteiger partial charge in [-0.2, -0.15) is 0 Å². The summed E-state index contributed by atoms with van der Waals surface area (Å²) in [6, 6.07) is 13.2. The smallest absolute Gasteiger partial charge is 0.261 e. The number of fused-ring (bicyclic) bond motifs is 1. The van der Waals surface area contributed by atoms with Gasteiger partial charge in [0.2, 0.25) is 5.91 Å². The summed E-state index contributed by atoms with van der Waals surface area (Å²) in [5.41, 5.74) is 5.05. The van der Waals surface area contributed by atoms with Gasteiger partial charge in [0.05, 0.1) is 22.8 Å². The van der Waals surface area contributed by atoms with E-state index in [1.54, 1.807) is 43.5 Å². The second kappa shape index (κ2) is 12.1. The number of carbonyl (C=O) groups excluding carboxylic acids is 1. The molecule has 2 aromatic carbocycles. The van der Waals surface area contributed by atoms with Crippen LogP contribution in [-0.4, -0.2) is 51.6 Å². The zero-order valence-corrected chi connectivity index (χ0v) is 23.3. The van der Waals surface area contributed by atoms with Crippen LogP contribution in [-0.2, 0) is 4.79 Å². The highest BCUT2D eigenvalue weighted by Crippen LogP contribution is 2.30. The molecule has 1 amide bonds. The van der Waals surface area contributed by atoms with Gasteiger partial charge in [-0.3, -0.25) is 9.59 Å². The lowest BCUT2D eigenvalue weighted by atomic mass is 10.0. The van der Waals surface area contributed by atoms with E-state index in [2.05, 4.69) is 37.6 Å². The number of H-pyrrole nitrogens is 2. The monoisotopic (exact) mass is 570 g/mol. The molecule has 4 aromatic rings. The SMILES string of the molecule is CC(=O)NC1CCN(c2cc(C)c3nc(-c4c(NC[C@@H](O)c5cccc(Cl)c5)cc[nH]c4=O)[nH]c3c2)CC1.Cl. The van der Waals surface area contributed by atoms with Gasteiger partial charge in [0.15, 0.2) is 0 Å². The number of imidazole rings is 1. The number of nitrogens with zero attached hydrogens (tertiary/aromatic N) is 2. The van der Waals surface area contributed by atoms with Crippen molar-refractivity contribution in [2.45, 2.75) is 38.8 Å². The lowest BCUT2D eigenvalue weighted by Gasteiger charge is -2.34. The standard InChI is InChI=1S/C28H31ClN6O3.ClH/c1-16-12-21(35-10-7-20(8-11-35)32-17(2)36)14-23-26(16)34-27(33-23)25-22(6-9-30-28(25)38)31-15-24(37)18-4-3-5-19(29)13-18;/h3-6,9,12-14,20,24,37H,7-8,10-11,15H2,1-2H3,(H,32,36)(H,33,34)(H2,30,31,38);1H/t24-;/m1./s1. The first-order valence-electron chi connectivity index (χ1n) is 12.7. The third-order valence-electron chi connectivity index (χ3n) is 6.95. The Bertz CT molecular complexity index is 1530. The topological polar surface area (TPSA) is 126 Å². The van der Waals surface area contributed by atoms with Crippen LogP contribution in [0.15, 0.2) is 53.5 Å². The first kappa shape index (κ1) is 28.5. The van der Waals surface area contributed by atoms with E-state index in [-0.39, 0.29) is 36.5 Å². The first-order chi connectivity index (χ1) is 18.3. The van der Waals surface area contributed by atoms with Crippen LogP contribution >= 0.6 is 24.0 Å². The van der Waals surface area contributed by atoms with Gasteiger partial charge in [-0.05, 0) is 61.2 Å². The molecule has 0 unspecified atom stereocenters. The highest BCUT2D eigenvalue weighted by molar-refractivity contribution is 6.30. The minimum absolute atomic E-state index is 0. The van der Waals surface area contributed by atoms with Crippen molar-refractivity contribution in [2.75, 3.05) is 29.9 Å². The van der Waals surface area contributed by atoms with Crippen LogP contribution in [0.3, 0.4) is 0 Å². The lowest BCUT2D eigenvalue weighted by Crippen LogP contribution is -2.44. The number of aryl methyl sites for hydroxylation is 1. The molecule has 5 rings (SSSR count). The number of amides is 1. The molecule has 0 saturated carbocycles. The number of pyridine rings is 1. The van der Waals surface area contributed by atoms with Gasteiger partial charge < -0.3 is 30.6 Å². The predicted octanol–water partition coefficient (Wildman–Crippen LogP) is 4.55. The largest absolute Gasteiger partial charge is 0.387 e. The lowest BCUT2D eigenvalue weighted by molar-refractivity contribution is -0.119. The molecule has 1 aliphatic heterocycles. The highest BCUT2D eigenvalue weighted by Gasteiger charge is 2.22. The molecule has 0 bridgehead atoms. The van der Waals surface area contributed by atoms with Crippen molar-refractivity contribution in [3.8, 4) is 11.4 Å². The molecule has 1 saturated heterocycles. The van der Waals surface area contributed by atoms with E-state index >= 15 is 0 Å². The number of rotatable bonds is 7. The number of anilines is 2. The summed E-state index contributed by atoms with van der Waals surface area (Å²) in [5.74, 6) is 0.459. The molecule has 9 nitrogen and oxygen atoms in total. The summed E-state index contributed by atoms with van der Waals surface area (Å²) in [6.07, 6.45) is 2.54. The van der Waals surface area contributed by atoms with Gasteiger partial charge in [-0.15, -0.1) is 12.4 Å². The number of hydrogen-bond acceptors (Lipinski definition) is 6. The maximum atomic E-state index is 12.9. The van der Waals surface area contributed by atoms with E-state index in [0.29, 0.717) is 27.7 Å². The van der Waals surface area contributed by atoms with Crippen molar-refractivity contribution in [3.05, 3.63) is 75.2 Å². The van der Waals surface area contributed by atoms with Crippen molar-refractivity contribution in [3.63, 3.8) is 0 Å². The second-order valence-corrected chi connectivity index (χ2v) is 10.2. The number of aromatic nitrogens is 3. The number of carbonyl (C=O) groups is 1. The van der Waals surface area contributed by atoms with E-state index < -0.39 is 6.10 Å². The van der Waals surface area contributed by atoms with E-state index in [1.165, 1.54) is 0 Å².